The summed E-state index contributed by atoms with van der Waals surface area (Å²) in [5, 5.41) is 6.45. The van der Waals surface area contributed by atoms with Gasteiger partial charge in [0.1, 0.15) is 0 Å². The Morgan fingerprint density at radius 2 is 2.20 bits per heavy atom. The normalized spacial score (nSPS) is 24.7. The molecule has 0 radical (unpaired) electrons. The zero-order valence-electron chi connectivity index (χ0n) is 14.3. The number of fused-ring (bicyclic) bond motifs is 1. The van der Waals surface area contributed by atoms with Gasteiger partial charge in [-0.15, -0.1) is 11.3 Å². The van der Waals surface area contributed by atoms with Crippen molar-refractivity contribution in [1.82, 2.24) is 15.5 Å². The van der Waals surface area contributed by atoms with Gasteiger partial charge in [-0.25, -0.2) is 4.79 Å². The molecule has 0 aromatic carbocycles. The summed E-state index contributed by atoms with van der Waals surface area (Å²) >= 11 is 9.42. The Morgan fingerprint density at radius 3 is 2.92 bits per heavy atom. The monoisotopic (exact) mass is 401 g/mol. The van der Waals surface area contributed by atoms with E-state index in [1.54, 1.807) is 0 Å². The number of halogens is 1. The molecule has 2 saturated heterocycles. The maximum atomic E-state index is 12.4. The molecule has 2 aliphatic heterocycles. The summed E-state index contributed by atoms with van der Waals surface area (Å²) in [4.78, 5) is 26.8. The molecule has 5 nitrogen and oxygen atoms in total. The van der Waals surface area contributed by atoms with Gasteiger partial charge in [-0.05, 0) is 31.9 Å². The van der Waals surface area contributed by atoms with Gasteiger partial charge in [0.2, 0.25) is 5.91 Å². The van der Waals surface area contributed by atoms with Crippen LogP contribution in [-0.2, 0) is 11.3 Å². The number of thioether (sulfide) groups is 1. The third kappa shape index (κ3) is 4.83. The van der Waals surface area contributed by atoms with E-state index in [0.29, 0.717) is 24.8 Å². The van der Waals surface area contributed by atoms with Crippen LogP contribution < -0.4 is 10.6 Å². The van der Waals surface area contributed by atoms with E-state index in [1.807, 2.05) is 35.7 Å². The second kappa shape index (κ2) is 8.64. The maximum Gasteiger partial charge on any atom is 0.315 e. The summed E-state index contributed by atoms with van der Waals surface area (Å²) in [7, 11) is 0. The molecule has 1 aromatic heterocycles. The van der Waals surface area contributed by atoms with Crippen LogP contribution in [0.4, 0.5) is 4.79 Å². The highest BCUT2D eigenvalue weighted by molar-refractivity contribution is 8.00. The van der Waals surface area contributed by atoms with E-state index >= 15 is 0 Å². The van der Waals surface area contributed by atoms with Crippen LogP contribution in [0.1, 0.15) is 37.5 Å². The van der Waals surface area contributed by atoms with E-state index in [9.17, 15) is 9.59 Å². The second-order valence-electron chi connectivity index (χ2n) is 6.48. The lowest BCUT2D eigenvalue weighted by atomic mass is 10.0. The Labute approximate surface area is 161 Å². The molecule has 2 aliphatic rings. The number of nitrogens with one attached hydrogen (secondary N) is 2. The van der Waals surface area contributed by atoms with Gasteiger partial charge < -0.3 is 15.5 Å². The third-order valence-corrected chi connectivity index (χ3v) is 7.50. The van der Waals surface area contributed by atoms with E-state index in [2.05, 4.69) is 10.6 Å². The molecule has 8 heteroatoms. The fraction of sp³-hybridized carbons (Fsp3) is 0.647. The molecule has 3 atom stereocenters. The molecule has 25 heavy (non-hydrogen) atoms. The first-order valence-electron chi connectivity index (χ1n) is 8.77. The molecular weight excluding hydrogens is 378 g/mol. The van der Waals surface area contributed by atoms with Crippen LogP contribution in [0.2, 0.25) is 4.34 Å². The quantitative estimate of drug-likeness (QED) is 0.517. The molecule has 3 heterocycles. The van der Waals surface area contributed by atoms with Gasteiger partial charge in [-0.1, -0.05) is 18.0 Å². The van der Waals surface area contributed by atoms with Crippen LogP contribution in [0.5, 0.6) is 0 Å². The number of nitrogens with zero attached hydrogens (tertiary/aromatic N) is 1. The van der Waals surface area contributed by atoms with Crippen LogP contribution in [0.25, 0.3) is 0 Å². The Bertz CT molecular complexity index is 625. The number of urea groups is 1. The Hall–Kier alpha value is -0.920. The molecule has 2 fully saturated rings. The summed E-state index contributed by atoms with van der Waals surface area (Å²) in [6, 6.07) is 4.35. The fourth-order valence-corrected chi connectivity index (χ4v) is 6.07. The van der Waals surface area contributed by atoms with Crippen molar-refractivity contribution in [3.05, 3.63) is 21.3 Å². The van der Waals surface area contributed by atoms with E-state index in [0.717, 1.165) is 34.2 Å². The highest BCUT2D eigenvalue weighted by atomic mass is 35.5. The molecule has 0 bridgehead atoms. The number of amides is 3. The highest BCUT2D eigenvalue weighted by Gasteiger charge is 2.42. The van der Waals surface area contributed by atoms with E-state index in [1.165, 1.54) is 11.3 Å². The average Bonchev–Trinajstić information content (AvgIpc) is 3.25. The van der Waals surface area contributed by atoms with Crippen LogP contribution in [0, 0.1) is 0 Å². The smallest absolute Gasteiger partial charge is 0.315 e. The number of carbonyl (C=O) groups excluding carboxylic acids is 2. The van der Waals surface area contributed by atoms with Crippen molar-refractivity contribution in [2.45, 2.75) is 56.5 Å². The molecule has 3 rings (SSSR count). The SMILES string of the molecule is CCN(Cc1ccc(Cl)s1)C(=O)CCCC[C@@H]1SC[C@@H]2NC(=O)N[C@@H]21. The molecule has 0 unspecified atom stereocenters. The van der Waals surface area contributed by atoms with Crippen molar-refractivity contribution in [3.63, 3.8) is 0 Å². The molecule has 0 spiro atoms. The molecule has 0 aliphatic carbocycles. The van der Waals surface area contributed by atoms with Crippen molar-refractivity contribution < 1.29 is 9.59 Å². The molecule has 138 valence electrons. The average molecular weight is 402 g/mol. The number of rotatable bonds is 8. The molecule has 0 saturated carbocycles. The van der Waals surface area contributed by atoms with Crippen molar-refractivity contribution in [1.29, 1.82) is 0 Å². The van der Waals surface area contributed by atoms with Crippen molar-refractivity contribution in [2.75, 3.05) is 12.3 Å². The minimum atomic E-state index is -0.0391. The van der Waals surface area contributed by atoms with Gasteiger partial charge in [0.25, 0.3) is 0 Å². The summed E-state index contributed by atoms with van der Waals surface area (Å²) in [6.07, 6.45) is 3.55. The molecule has 3 amide bonds. The van der Waals surface area contributed by atoms with Gasteiger partial charge in [0, 0.05) is 28.8 Å². The number of carbonyl (C=O) groups is 2. The van der Waals surface area contributed by atoms with Gasteiger partial charge in [-0.3, -0.25) is 4.79 Å². The third-order valence-electron chi connectivity index (χ3n) is 4.78. The van der Waals surface area contributed by atoms with Crippen LogP contribution >= 0.6 is 34.7 Å². The van der Waals surface area contributed by atoms with E-state index < -0.39 is 0 Å². The standard InChI is InChI=1S/C17H24ClN3O2S2/c1-2-21(9-11-7-8-14(18)25-11)15(22)6-4-3-5-13-16-12(10-24-13)19-17(23)20-16/h7-8,12-13,16H,2-6,9-10H2,1H3,(H2,19,20,23)/t12-,13-,16-/m0/s1. The highest BCUT2D eigenvalue weighted by Crippen LogP contribution is 2.33. The van der Waals surface area contributed by atoms with E-state index in [4.69, 9.17) is 11.6 Å². The maximum absolute atomic E-state index is 12.4. The minimum absolute atomic E-state index is 0.0391. The lowest BCUT2D eigenvalue weighted by Crippen LogP contribution is -2.36. The van der Waals surface area contributed by atoms with Crippen LogP contribution in [-0.4, -0.2) is 46.5 Å². The molecule has 2 N–H and O–H groups in total. The number of thiophene rings is 1. The second-order valence-corrected chi connectivity index (χ2v) is 9.55. The summed E-state index contributed by atoms with van der Waals surface area (Å²) in [5.74, 6) is 1.19. The minimum Gasteiger partial charge on any atom is -0.338 e. The lowest BCUT2D eigenvalue weighted by molar-refractivity contribution is -0.131. The van der Waals surface area contributed by atoms with Gasteiger partial charge in [0.15, 0.2) is 0 Å². The fourth-order valence-electron chi connectivity index (χ4n) is 3.42. The Kier molecular flexibility index (Phi) is 6.52. The topological polar surface area (TPSA) is 61.4 Å². The Morgan fingerprint density at radius 1 is 1.36 bits per heavy atom. The first-order valence-corrected chi connectivity index (χ1v) is 11.0. The van der Waals surface area contributed by atoms with Gasteiger partial charge in [-0.2, -0.15) is 11.8 Å². The zero-order valence-corrected chi connectivity index (χ0v) is 16.7. The van der Waals surface area contributed by atoms with E-state index in [-0.39, 0.29) is 24.0 Å². The first-order chi connectivity index (χ1) is 12.1. The molecule has 1 aromatic rings. The van der Waals surface area contributed by atoms with Crippen LogP contribution in [0.15, 0.2) is 12.1 Å². The van der Waals surface area contributed by atoms with Gasteiger partial charge in [0.05, 0.1) is 23.0 Å². The number of hydrogen-bond donors (Lipinski definition) is 2. The van der Waals surface area contributed by atoms with Crippen molar-refractivity contribution in [3.8, 4) is 0 Å². The zero-order chi connectivity index (χ0) is 17.8. The predicted molar refractivity (Wildman–Crippen MR) is 104 cm³/mol. The summed E-state index contributed by atoms with van der Waals surface area (Å²) < 4.78 is 0.763. The number of unbranched alkanes of at least 4 members (excludes halogenated alkanes) is 1. The largest absolute Gasteiger partial charge is 0.338 e. The number of hydrogen-bond acceptors (Lipinski definition) is 4. The Balaban J connectivity index is 1.37. The van der Waals surface area contributed by atoms with Gasteiger partial charge >= 0.3 is 6.03 Å². The van der Waals surface area contributed by atoms with Crippen molar-refractivity contribution in [2.24, 2.45) is 0 Å². The van der Waals surface area contributed by atoms with Crippen molar-refractivity contribution >= 4 is 46.6 Å². The van der Waals surface area contributed by atoms with Crippen LogP contribution in [0.3, 0.4) is 0 Å². The lowest BCUT2D eigenvalue weighted by Gasteiger charge is -2.20. The summed E-state index contributed by atoms with van der Waals surface area (Å²) in [5.41, 5.74) is 0. The molecular formula is C17H24ClN3O2S2. The predicted octanol–water partition coefficient (Wildman–Crippen LogP) is 3.48. The summed E-state index contributed by atoms with van der Waals surface area (Å²) in [6.45, 7) is 3.37. The first kappa shape index (κ1) is 18.9.